The number of nitrogens with zero attached hydrogens (tertiary/aromatic N) is 1. The molecule has 6 rings (SSSR count). The van der Waals surface area contributed by atoms with E-state index in [1.54, 1.807) is 0 Å². The van der Waals surface area contributed by atoms with E-state index in [2.05, 4.69) is 17.9 Å². The molecule has 0 bridgehead atoms. The molecule has 0 unspecified atom stereocenters. The molecule has 0 aromatic heterocycles. The topological polar surface area (TPSA) is 68.2 Å². The van der Waals surface area contributed by atoms with Crippen molar-refractivity contribution < 1.29 is 41.4 Å². The summed E-state index contributed by atoms with van der Waals surface area (Å²) in [4.78, 5) is 11.5. The van der Waals surface area contributed by atoms with Gasteiger partial charge in [-0.05, 0) is 77.4 Å². The number of carboxylic acids is 1. The van der Waals surface area contributed by atoms with E-state index in [4.69, 9.17) is 28.2 Å². The minimum Gasteiger partial charge on any atom is -0.497 e. The van der Waals surface area contributed by atoms with E-state index in [-0.39, 0.29) is 6.04 Å². The second kappa shape index (κ2) is 14.1. The number of benzene rings is 4. The van der Waals surface area contributed by atoms with Crippen LogP contribution in [0.25, 0.3) is 11.1 Å². The summed E-state index contributed by atoms with van der Waals surface area (Å²) in [7, 11) is -2.53. The molecule has 9 heteroatoms. The van der Waals surface area contributed by atoms with E-state index in [0.717, 1.165) is 65.7 Å². The first kappa shape index (κ1) is 28.0. The van der Waals surface area contributed by atoms with Crippen LogP contribution in [-0.2, 0) is 30.8 Å². The van der Waals surface area contributed by atoms with Crippen LogP contribution in [0.2, 0.25) is 0 Å². The number of hydrogen-bond donors (Lipinski definition) is 1. The van der Waals surface area contributed by atoms with Crippen molar-refractivity contribution in [3.8, 4) is 28.4 Å². The van der Waals surface area contributed by atoms with Crippen molar-refractivity contribution in [2.24, 2.45) is 0 Å². The predicted octanol–water partition coefficient (Wildman–Crippen LogP) is 8.02. The lowest BCUT2D eigenvalue weighted by molar-refractivity contribution is -0.192. The number of fused-ring (bicyclic) bond motifs is 2. The maximum Gasteiger partial charge on any atom is 0.490 e. The van der Waals surface area contributed by atoms with Crippen LogP contribution in [0.15, 0.2) is 84.9 Å². The number of ether oxygens (including phenoxy) is 3. The largest absolute Gasteiger partial charge is 0.497 e. The van der Waals surface area contributed by atoms with E-state index in [9.17, 15) is 13.2 Å². The number of carboxylic acid groups (broad SMARTS) is 1. The molecule has 0 saturated heterocycles. The second-order valence-corrected chi connectivity index (χ2v) is 10.9. The van der Waals surface area contributed by atoms with Gasteiger partial charge in [-0.25, -0.2) is 4.79 Å². The fourth-order valence-corrected chi connectivity index (χ4v) is 5.94. The Morgan fingerprint density at radius 3 is 2.20 bits per heavy atom. The van der Waals surface area contributed by atoms with Crippen LogP contribution in [-0.4, -0.2) is 42.3 Å². The Kier molecular flexibility index (Phi) is 8.76. The van der Waals surface area contributed by atoms with Crippen LogP contribution in [0.3, 0.4) is 0 Å². The summed E-state index contributed by atoms with van der Waals surface area (Å²) in [6, 6.07) is 28.4. The van der Waals surface area contributed by atoms with Crippen molar-refractivity contribution in [2.75, 3.05) is 20.1 Å². The first-order chi connectivity index (χ1) is 22.8. The van der Waals surface area contributed by atoms with E-state index in [1.807, 2.05) is 78.9 Å². The second-order valence-electron chi connectivity index (χ2n) is 10.9. The van der Waals surface area contributed by atoms with Gasteiger partial charge in [-0.1, -0.05) is 73.7 Å². The highest BCUT2D eigenvalue weighted by Gasteiger charge is 2.38. The van der Waals surface area contributed by atoms with Crippen molar-refractivity contribution in [1.29, 1.82) is 0 Å². The lowest BCUT2D eigenvalue weighted by Gasteiger charge is -2.42. The average molecular weight is 626 g/mol. The van der Waals surface area contributed by atoms with Crippen LogP contribution in [0.5, 0.6) is 17.2 Å². The third kappa shape index (κ3) is 7.42. The molecular formula is C36H36F3NO5. The minimum absolute atomic E-state index is 0.223. The molecule has 4 aromatic carbocycles. The minimum atomic E-state index is -5.08. The monoisotopic (exact) mass is 625 g/mol. The van der Waals surface area contributed by atoms with E-state index < -0.39 is 19.2 Å². The molecule has 236 valence electrons. The van der Waals surface area contributed by atoms with Crippen molar-refractivity contribution in [2.45, 2.75) is 51.6 Å². The number of methoxy groups -OCH3 is 1. The average Bonchev–Trinajstić information content (AvgIpc) is 3.04. The van der Waals surface area contributed by atoms with Gasteiger partial charge in [-0.2, -0.15) is 13.2 Å². The fraction of sp³-hybridized carbons (Fsp3) is 0.306. The Hall–Kier alpha value is -4.50. The molecule has 1 atom stereocenters. The standard InChI is InChI=1S/C34H35NO3.C2HF3O2/c1-3-17-35-18-16-27-19-28(36-2)21-29-32(27)30(35)20-26-14-15-31(37-22-24-10-6-4-7-11-24)34(33(26)29)38-23-25-12-8-5-9-13-25;3-2(4,5)1(6)7/h4-15,19,21,30H,3,16-18,20,22-23H2,1-2H3;(H,6,7)/t30-;/m1./s1/i2T3;. The Labute approximate surface area is 265 Å². The van der Waals surface area contributed by atoms with E-state index in [0.29, 0.717) is 30.5 Å². The summed E-state index contributed by atoms with van der Waals surface area (Å²) in [5, 5.41) is 7.12. The Morgan fingerprint density at radius 1 is 0.956 bits per heavy atom. The van der Waals surface area contributed by atoms with Crippen LogP contribution < -0.4 is 14.2 Å². The fourth-order valence-electron chi connectivity index (χ4n) is 5.94. The first-order valence-electron chi connectivity index (χ1n) is 16.2. The molecule has 0 spiro atoms. The van der Waals surface area contributed by atoms with E-state index in [1.165, 1.54) is 5.56 Å². The molecule has 0 saturated carbocycles. The quantitative estimate of drug-likeness (QED) is 0.203. The summed E-state index contributed by atoms with van der Waals surface area (Å²) in [5.41, 5.74) is 7.63. The molecule has 45 heavy (non-hydrogen) atoms. The molecule has 1 heterocycles. The highest BCUT2D eigenvalue weighted by molar-refractivity contribution is 5.84. The van der Waals surface area contributed by atoms with Crippen LogP contribution in [0.1, 0.15) is 51.3 Å². The zero-order chi connectivity index (χ0) is 34.5. The van der Waals surface area contributed by atoms with Gasteiger partial charge in [0.2, 0.25) is 0 Å². The molecule has 1 N–H and O–H groups in total. The molecule has 4 aromatic rings. The third-order valence-corrected chi connectivity index (χ3v) is 7.91. The number of aliphatic carboxylic acids is 1. The van der Waals surface area contributed by atoms with Crippen LogP contribution in [0, 0.1) is 0 Å². The van der Waals surface area contributed by atoms with Crippen molar-refractivity contribution >= 4 is 5.97 Å². The van der Waals surface area contributed by atoms with Gasteiger partial charge < -0.3 is 19.3 Å². The number of carbonyl (C=O) groups is 1. The van der Waals surface area contributed by atoms with E-state index >= 15 is 0 Å². The van der Waals surface area contributed by atoms with Gasteiger partial charge in [0.25, 0.3) is 0 Å². The zero-order valence-electron chi connectivity index (χ0n) is 27.8. The predicted molar refractivity (Wildman–Crippen MR) is 166 cm³/mol. The highest BCUT2D eigenvalue weighted by atomic mass is 19.4. The van der Waals surface area contributed by atoms with Crippen molar-refractivity contribution in [3.05, 3.63) is 113 Å². The van der Waals surface area contributed by atoms with Gasteiger partial charge in [0.1, 0.15) is 19.0 Å². The first-order valence-corrected chi connectivity index (χ1v) is 14.7. The Bertz CT molecular complexity index is 1720. The number of halogens is 3. The third-order valence-electron chi connectivity index (χ3n) is 7.91. The molecule has 1 aliphatic heterocycles. The van der Waals surface area contributed by atoms with Crippen LogP contribution in [0.4, 0.5) is 13.2 Å². The number of alkyl halides is 3. The lowest BCUT2D eigenvalue weighted by Crippen LogP contribution is -2.39. The Morgan fingerprint density at radius 2 is 1.60 bits per heavy atom. The molecule has 6 nitrogen and oxygen atoms in total. The summed E-state index contributed by atoms with van der Waals surface area (Å²) < 4.78 is 73.5. The van der Waals surface area contributed by atoms with Crippen LogP contribution >= 0.6 is 0 Å². The molecular weight excluding hydrogens is 583 g/mol. The molecule has 2 aliphatic rings. The van der Waals surface area contributed by atoms with Gasteiger partial charge in [0.05, 0.1) is 11.2 Å². The summed E-state index contributed by atoms with van der Waals surface area (Å²) in [5.74, 6) is -1.05. The molecule has 0 radical (unpaired) electrons. The zero-order valence-corrected chi connectivity index (χ0v) is 24.8. The van der Waals surface area contributed by atoms with Crippen molar-refractivity contribution in [1.82, 2.24) is 4.90 Å². The van der Waals surface area contributed by atoms with Gasteiger partial charge in [-0.15, -0.1) is 0 Å². The summed E-state index contributed by atoms with van der Waals surface area (Å²) in [6.45, 7) is 4.97. The normalized spacial score (nSPS) is 16.4. The lowest BCUT2D eigenvalue weighted by atomic mass is 9.76. The van der Waals surface area contributed by atoms with Gasteiger partial charge in [0.15, 0.2) is 11.5 Å². The molecule has 0 fully saturated rings. The smallest absolute Gasteiger partial charge is 0.490 e. The Balaban J connectivity index is 0.000000582. The number of hydrogen-bond acceptors (Lipinski definition) is 5. The summed E-state index contributed by atoms with van der Waals surface area (Å²) in [6.07, 6.45) is -2.31. The maximum absolute atomic E-state index is 10.6. The molecule has 1 aliphatic carbocycles. The van der Waals surface area contributed by atoms with Gasteiger partial charge in [0, 0.05) is 18.2 Å². The van der Waals surface area contributed by atoms with Crippen molar-refractivity contribution in [3.63, 3.8) is 0 Å². The SMILES string of the molecule is O=C(O)C(F)(F)F.[3H]C([3H])([3H])Oc1cc2c3c(c1)-c1c(ccc(OCc4ccccc4)c1OCc1ccccc1)C[C@H]3N(CCC)CC2. The van der Waals surface area contributed by atoms with Gasteiger partial charge >= 0.3 is 12.1 Å². The number of rotatable bonds is 9. The summed E-state index contributed by atoms with van der Waals surface area (Å²) >= 11 is 0. The highest BCUT2D eigenvalue weighted by Crippen LogP contribution is 2.52. The molecule has 0 amide bonds. The van der Waals surface area contributed by atoms with Gasteiger partial charge in [-0.3, -0.25) is 4.90 Å². The maximum atomic E-state index is 10.6.